The number of hydrogen-bond acceptors (Lipinski definition) is 4. The number of aromatic nitrogens is 2. The summed E-state index contributed by atoms with van der Waals surface area (Å²) in [7, 11) is 0. The van der Waals surface area contributed by atoms with Gasteiger partial charge in [0.2, 0.25) is 5.43 Å². The molecule has 0 fully saturated rings. The van der Waals surface area contributed by atoms with E-state index in [1.165, 1.54) is 0 Å². The molecule has 1 aliphatic heterocycles. The second kappa shape index (κ2) is 4.42. The van der Waals surface area contributed by atoms with Crippen LogP contribution in [0.1, 0.15) is 36.3 Å². The molecule has 0 radical (unpaired) electrons. The van der Waals surface area contributed by atoms with Gasteiger partial charge in [-0.1, -0.05) is 11.6 Å². The average molecular weight is 325 g/mol. The van der Waals surface area contributed by atoms with Crippen LogP contribution in [0.4, 0.5) is 10.1 Å². The van der Waals surface area contributed by atoms with Crippen molar-refractivity contribution < 1.29 is 9.18 Å². The van der Waals surface area contributed by atoms with Crippen molar-refractivity contribution in [3.05, 3.63) is 32.5 Å². The number of hydrogen-bond donors (Lipinski definition) is 2. The molecule has 2 aromatic rings. The number of rotatable bonds is 1. The Morgan fingerprint density at radius 1 is 1.45 bits per heavy atom. The van der Waals surface area contributed by atoms with Crippen LogP contribution in [0.25, 0.3) is 11.0 Å². The summed E-state index contributed by atoms with van der Waals surface area (Å²) in [6.45, 7) is 3.85. The second-order valence-corrected chi connectivity index (χ2v) is 6.35. The van der Waals surface area contributed by atoms with Crippen LogP contribution in [0.3, 0.4) is 0 Å². The van der Waals surface area contributed by atoms with Crippen molar-refractivity contribution in [2.24, 2.45) is 5.73 Å². The standard InChI is InChI=1S/C14H14ClFN4O2/c1-14(2)4-3-5-6(12(18)22)10(21)7-9(17)8(16)11(15)19-13(7)20(5)14/h3-4H2,1-2H3,(H2,17,19)(H2,18,22). The first-order valence-electron chi connectivity index (χ1n) is 6.69. The molecule has 0 aliphatic carbocycles. The van der Waals surface area contributed by atoms with Crippen LogP contribution < -0.4 is 16.9 Å². The van der Waals surface area contributed by atoms with Gasteiger partial charge in [0.15, 0.2) is 11.0 Å². The Morgan fingerprint density at radius 2 is 2.09 bits per heavy atom. The quantitative estimate of drug-likeness (QED) is 0.776. The van der Waals surface area contributed by atoms with E-state index in [0.717, 1.165) is 0 Å². The van der Waals surface area contributed by atoms with Crippen molar-refractivity contribution >= 4 is 34.2 Å². The van der Waals surface area contributed by atoms with Gasteiger partial charge in [-0.2, -0.15) is 0 Å². The predicted molar refractivity (Wildman–Crippen MR) is 81.5 cm³/mol. The molecule has 0 unspecified atom stereocenters. The molecule has 116 valence electrons. The van der Waals surface area contributed by atoms with E-state index in [-0.39, 0.29) is 16.6 Å². The van der Waals surface area contributed by atoms with Crippen molar-refractivity contribution in [3.8, 4) is 0 Å². The fraction of sp³-hybridized carbons (Fsp3) is 0.357. The molecule has 0 saturated heterocycles. The van der Waals surface area contributed by atoms with Crippen LogP contribution in [0.5, 0.6) is 0 Å². The molecule has 0 saturated carbocycles. The lowest BCUT2D eigenvalue weighted by Gasteiger charge is -2.25. The van der Waals surface area contributed by atoms with E-state index in [0.29, 0.717) is 18.5 Å². The van der Waals surface area contributed by atoms with E-state index in [1.54, 1.807) is 4.57 Å². The molecule has 2 aromatic heterocycles. The predicted octanol–water partition coefficient (Wildman–Crippen LogP) is 1.55. The van der Waals surface area contributed by atoms with Gasteiger partial charge in [0.25, 0.3) is 5.91 Å². The Labute approximate surface area is 129 Å². The van der Waals surface area contributed by atoms with Crippen LogP contribution in [-0.4, -0.2) is 15.5 Å². The lowest BCUT2D eigenvalue weighted by Crippen LogP contribution is -2.31. The van der Waals surface area contributed by atoms with Crippen LogP contribution in [0.2, 0.25) is 5.15 Å². The lowest BCUT2D eigenvalue weighted by molar-refractivity contribution is 0.0998. The van der Waals surface area contributed by atoms with E-state index in [9.17, 15) is 14.0 Å². The minimum absolute atomic E-state index is 0.158. The van der Waals surface area contributed by atoms with Crippen molar-refractivity contribution in [1.29, 1.82) is 0 Å². The maximum absolute atomic E-state index is 13.9. The minimum Gasteiger partial charge on any atom is -0.396 e. The summed E-state index contributed by atoms with van der Waals surface area (Å²) in [5.41, 5.74) is 10.0. The highest BCUT2D eigenvalue weighted by Gasteiger charge is 2.36. The minimum atomic E-state index is -0.974. The molecule has 4 N–H and O–H groups in total. The summed E-state index contributed by atoms with van der Waals surface area (Å²) in [5, 5.41) is -0.567. The fourth-order valence-corrected chi connectivity index (χ4v) is 3.28. The molecule has 22 heavy (non-hydrogen) atoms. The number of halogens is 2. The van der Waals surface area contributed by atoms with Crippen molar-refractivity contribution in [3.63, 3.8) is 0 Å². The number of nitrogens with two attached hydrogens (primary N) is 2. The van der Waals surface area contributed by atoms with Crippen LogP contribution in [-0.2, 0) is 12.0 Å². The largest absolute Gasteiger partial charge is 0.396 e. The van der Waals surface area contributed by atoms with Gasteiger partial charge >= 0.3 is 0 Å². The van der Waals surface area contributed by atoms with Crippen molar-refractivity contribution in [2.75, 3.05) is 5.73 Å². The van der Waals surface area contributed by atoms with E-state index in [2.05, 4.69) is 4.98 Å². The number of carbonyl (C=O) groups excluding carboxylic acids is 1. The molecule has 3 rings (SSSR count). The first-order valence-corrected chi connectivity index (χ1v) is 7.07. The normalized spacial score (nSPS) is 16.0. The van der Waals surface area contributed by atoms with Gasteiger partial charge in [-0.3, -0.25) is 9.59 Å². The van der Waals surface area contributed by atoms with Gasteiger partial charge in [0.05, 0.1) is 11.1 Å². The molecule has 0 aromatic carbocycles. The highest BCUT2D eigenvalue weighted by atomic mass is 35.5. The zero-order valence-electron chi connectivity index (χ0n) is 12.0. The number of amides is 1. The number of nitrogens with zero attached hydrogens (tertiary/aromatic N) is 2. The summed E-state index contributed by atoms with van der Waals surface area (Å²) in [6.07, 6.45) is 1.18. The fourth-order valence-electron chi connectivity index (χ4n) is 3.10. The summed E-state index contributed by atoms with van der Waals surface area (Å²) in [5.74, 6) is -1.83. The Kier molecular flexibility index (Phi) is 2.97. The molecule has 0 atom stereocenters. The summed E-state index contributed by atoms with van der Waals surface area (Å²) in [6, 6.07) is 0. The van der Waals surface area contributed by atoms with Crippen LogP contribution in [0.15, 0.2) is 4.79 Å². The third-order valence-corrected chi connectivity index (χ3v) is 4.41. The average Bonchev–Trinajstić information content (AvgIpc) is 2.71. The molecule has 0 bridgehead atoms. The molecular formula is C14H14ClFN4O2. The van der Waals surface area contributed by atoms with Gasteiger partial charge in [0.1, 0.15) is 11.2 Å². The third kappa shape index (κ3) is 1.75. The Bertz CT molecular complexity index is 904. The summed E-state index contributed by atoms with van der Waals surface area (Å²) >= 11 is 5.77. The molecule has 8 heteroatoms. The number of nitrogen functional groups attached to an aromatic ring is 1. The summed E-state index contributed by atoms with van der Waals surface area (Å²) < 4.78 is 15.6. The topological polar surface area (TPSA) is 104 Å². The molecule has 0 spiro atoms. The first kappa shape index (κ1) is 14.8. The summed E-state index contributed by atoms with van der Waals surface area (Å²) in [4.78, 5) is 28.3. The highest BCUT2D eigenvalue weighted by molar-refractivity contribution is 6.30. The highest BCUT2D eigenvalue weighted by Crippen LogP contribution is 2.37. The van der Waals surface area contributed by atoms with E-state index >= 15 is 0 Å². The van der Waals surface area contributed by atoms with E-state index in [1.807, 2.05) is 13.8 Å². The lowest BCUT2D eigenvalue weighted by atomic mass is 10.0. The smallest absolute Gasteiger partial charge is 0.254 e. The van der Waals surface area contributed by atoms with Gasteiger partial charge in [-0.15, -0.1) is 0 Å². The Morgan fingerprint density at radius 3 is 2.68 bits per heavy atom. The monoisotopic (exact) mass is 324 g/mol. The number of pyridine rings is 2. The van der Waals surface area contributed by atoms with E-state index < -0.39 is 33.5 Å². The molecule has 1 aliphatic rings. The van der Waals surface area contributed by atoms with Crippen molar-refractivity contribution in [1.82, 2.24) is 9.55 Å². The van der Waals surface area contributed by atoms with E-state index in [4.69, 9.17) is 23.1 Å². The Hall–Kier alpha value is -2.15. The molecule has 6 nitrogen and oxygen atoms in total. The van der Waals surface area contributed by atoms with Gasteiger partial charge in [0, 0.05) is 11.2 Å². The van der Waals surface area contributed by atoms with Gasteiger partial charge in [-0.25, -0.2) is 9.37 Å². The van der Waals surface area contributed by atoms with Crippen LogP contribution >= 0.6 is 11.6 Å². The number of carbonyl (C=O) groups is 1. The molecule has 3 heterocycles. The maximum atomic E-state index is 13.9. The number of fused-ring (bicyclic) bond motifs is 3. The molecule has 1 amide bonds. The van der Waals surface area contributed by atoms with Crippen LogP contribution in [0, 0.1) is 5.82 Å². The zero-order chi connectivity index (χ0) is 16.4. The second-order valence-electron chi connectivity index (χ2n) is 5.99. The SMILES string of the molecule is CC1(C)CCc2c(C(N)=O)c(=O)c3c(N)c(F)c(Cl)nc3n21. The Balaban J connectivity index is 2.66. The van der Waals surface area contributed by atoms with Gasteiger partial charge < -0.3 is 16.0 Å². The number of anilines is 1. The number of primary amides is 1. The third-order valence-electron chi connectivity index (χ3n) is 4.16. The molecular weight excluding hydrogens is 311 g/mol. The van der Waals surface area contributed by atoms with Crippen molar-refractivity contribution in [2.45, 2.75) is 32.2 Å². The van der Waals surface area contributed by atoms with Gasteiger partial charge in [-0.05, 0) is 26.7 Å². The maximum Gasteiger partial charge on any atom is 0.254 e. The zero-order valence-corrected chi connectivity index (χ0v) is 12.8. The first-order chi connectivity index (χ1) is 10.2.